The molecule has 0 atom stereocenters. The van der Waals surface area contributed by atoms with Crippen LogP contribution in [-0.2, 0) is 13.6 Å². The topological polar surface area (TPSA) is 70.4 Å². The minimum atomic E-state index is -0.00850. The molecular weight excluding hydrogens is 378 g/mol. The van der Waals surface area contributed by atoms with Crippen molar-refractivity contribution >= 4 is 22.4 Å². The van der Waals surface area contributed by atoms with E-state index in [4.69, 9.17) is 0 Å². The summed E-state index contributed by atoms with van der Waals surface area (Å²) in [5.41, 5.74) is 3.06. The van der Waals surface area contributed by atoms with Crippen LogP contribution in [0.4, 0.5) is 11.5 Å². The van der Waals surface area contributed by atoms with Crippen molar-refractivity contribution in [1.29, 1.82) is 0 Å². The number of hydrogen-bond acceptors (Lipinski definition) is 7. The van der Waals surface area contributed by atoms with Crippen LogP contribution in [-0.4, -0.2) is 63.7 Å². The molecule has 0 saturated carbocycles. The van der Waals surface area contributed by atoms with Crippen LogP contribution >= 0.6 is 0 Å². The van der Waals surface area contributed by atoms with Crippen LogP contribution in [0, 0.1) is 0 Å². The van der Waals surface area contributed by atoms with Crippen molar-refractivity contribution in [2.45, 2.75) is 19.4 Å². The van der Waals surface area contributed by atoms with Gasteiger partial charge in [0.2, 0.25) is 0 Å². The Morgan fingerprint density at radius 1 is 0.900 bits per heavy atom. The maximum absolute atomic E-state index is 11.8. The van der Waals surface area contributed by atoms with Crippen LogP contribution in [0.5, 0.6) is 0 Å². The maximum atomic E-state index is 11.8. The van der Waals surface area contributed by atoms with Crippen molar-refractivity contribution in [3.8, 4) is 0 Å². The zero-order chi connectivity index (χ0) is 20.5. The Morgan fingerprint density at radius 3 is 2.47 bits per heavy atom. The van der Waals surface area contributed by atoms with E-state index in [-0.39, 0.29) is 5.56 Å². The first kappa shape index (κ1) is 19.0. The van der Waals surface area contributed by atoms with E-state index < -0.39 is 0 Å². The maximum Gasteiger partial charge on any atom is 0.253 e. The first-order valence-electron chi connectivity index (χ1n) is 10.7. The molecule has 0 amide bonds. The SMILES string of the molecule is Cn1cnc(CN2CCN(c3ccc4ncnc(N5CCCC5)c4c3)CC2)cc1=O. The molecule has 2 fully saturated rings. The summed E-state index contributed by atoms with van der Waals surface area (Å²) in [6.45, 7) is 6.65. The summed E-state index contributed by atoms with van der Waals surface area (Å²) >= 11 is 0. The Hall–Kier alpha value is -3.00. The highest BCUT2D eigenvalue weighted by atomic mass is 16.1. The monoisotopic (exact) mass is 405 g/mol. The predicted octanol–water partition coefficient (Wildman–Crippen LogP) is 1.65. The molecule has 5 rings (SSSR count). The van der Waals surface area contributed by atoms with Crippen LogP contribution in [0.2, 0.25) is 0 Å². The fourth-order valence-electron chi connectivity index (χ4n) is 4.39. The standard InChI is InChI=1S/C22H27N7O/c1-26-16-25-17(12-21(26)30)14-27-8-10-28(11-9-27)18-4-5-20-19(13-18)22(24-15-23-20)29-6-2-3-7-29/h4-5,12-13,15-16H,2-3,6-11,14H2,1H3. The highest BCUT2D eigenvalue weighted by Crippen LogP contribution is 2.30. The Morgan fingerprint density at radius 2 is 1.70 bits per heavy atom. The Balaban J connectivity index is 1.30. The molecule has 1 aromatic carbocycles. The summed E-state index contributed by atoms with van der Waals surface area (Å²) in [5, 5.41) is 1.14. The highest BCUT2D eigenvalue weighted by molar-refractivity contribution is 5.92. The van der Waals surface area contributed by atoms with Gasteiger partial charge in [0.15, 0.2) is 0 Å². The van der Waals surface area contributed by atoms with Gasteiger partial charge in [-0.3, -0.25) is 9.69 Å². The molecule has 0 aliphatic carbocycles. The van der Waals surface area contributed by atoms with E-state index in [1.807, 2.05) is 0 Å². The molecule has 0 radical (unpaired) electrons. The molecule has 30 heavy (non-hydrogen) atoms. The second-order valence-electron chi connectivity index (χ2n) is 8.19. The first-order valence-corrected chi connectivity index (χ1v) is 10.7. The molecule has 2 aliphatic heterocycles. The van der Waals surface area contributed by atoms with Gasteiger partial charge in [-0.15, -0.1) is 0 Å². The second kappa shape index (κ2) is 8.02. The number of fused-ring (bicyclic) bond motifs is 1. The molecule has 2 saturated heterocycles. The van der Waals surface area contributed by atoms with Crippen molar-refractivity contribution < 1.29 is 0 Å². The Bertz CT molecular complexity index is 1100. The van der Waals surface area contributed by atoms with E-state index in [9.17, 15) is 4.79 Å². The van der Waals surface area contributed by atoms with Gasteiger partial charge in [-0.1, -0.05) is 0 Å². The van der Waals surface area contributed by atoms with Crippen LogP contribution < -0.4 is 15.4 Å². The minimum absolute atomic E-state index is 0.00850. The summed E-state index contributed by atoms with van der Waals surface area (Å²) in [5.74, 6) is 1.06. The lowest BCUT2D eigenvalue weighted by atomic mass is 10.1. The molecule has 4 heterocycles. The molecule has 2 aromatic heterocycles. The lowest BCUT2D eigenvalue weighted by Gasteiger charge is -2.36. The molecule has 156 valence electrons. The number of anilines is 2. The van der Waals surface area contributed by atoms with Gasteiger partial charge in [-0.25, -0.2) is 15.0 Å². The zero-order valence-corrected chi connectivity index (χ0v) is 17.4. The number of benzene rings is 1. The van der Waals surface area contributed by atoms with Gasteiger partial charge in [0.1, 0.15) is 12.1 Å². The number of aromatic nitrogens is 4. The molecular formula is C22H27N7O. The van der Waals surface area contributed by atoms with Gasteiger partial charge in [-0.2, -0.15) is 0 Å². The fourth-order valence-corrected chi connectivity index (χ4v) is 4.39. The minimum Gasteiger partial charge on any atom is -0.369 e. The zero-order valence-electron chi connectivity index (χ0n) is 17.4. The summed E-state index contributed by atoms with van der Waals surface area (Å²) in [4.78, 5) is 32.4. The normalized spacial score (nSPS) is 17.8. The van der Waals surface area contributed by atoms with E-state index in [0.717, 1.165) is 61.7 Å². The van der Waals surface area contributed by atoms with Crippen molar-refractivity contribution in [1.82, 2.24) is 24.4 Å². The molecule has 0 bridgehead atoms. The van der Waals surface area contributed by atoms with Crippen LogP contribution in [0.15, 0.2) is 41.7 Å². The quantitative estimate of drug-likeness (QED) is 0.654. The third-order valence-corrected chi connectivity index (χ3v) is 6.16. The Labute approximate surface area is 175 Å². The third kappa shape index (κ3) is 3.75. The number of nitrogens with zero attached hydrogens (tertiary/aromatic N) is 7. The second-order valence-corrected chi connectivity index (χ2v) is 8.19. The lowest BCUT2D eigenvalue weighted by molar-refractivity contribution is 0.246. The molecule has 2 aliphatic rings. The smallest absolute Gasteiger partial charge is 0.253 e. The van der Waals surface area contributed by atoms with Gasteiger partial charge in [0, 0.05) is 70.0 Å². The van der Waals surface area contributed by atoms with E-state index in [2.05, 4.69) is 47.9 Å². The number of piperazine rings is 1. The summed E-state index contributed by atoms with van der Waals surface area (Å²) in [6, 6.07) is 8.17. The van der Waals surface area contributed by atoms with Gasteiger partial charge in [0.25, 0.3) is 5.56 Å². The van der Waals surface area contributed by atoms with Crippen molar-refractivity contribution in [3.63, 3.8) is 0 Å². The molecule has 8 heteroatoms. The summed E-state index contributed by atoms with van der Waals surface area (Å²) in [6.07, 6.45) is 5.74. The van der Waals surface area contributed by atoms with Crippen LogP contribution in [0.1, 0.15) is 18.5 Å². The molecule has 8 nitrogen and oxygen atoms in total. The Kier molecular flexibility index (Phi) is 5.08. The van der Waals surface area contributed by atoms with Crippen LogP contribution in [0.3, 0.4) is 0 Å². The average Bonchev–Trinajstić information content (AvgIpc) is 3.31. The molecule has 0 N–H and O–H groups in total. The molecule has 3 aromatic rings. The fraction of sp³-hybridized carbons (Fsp3) is 0.455. The molecule has 0 unspecified atom stereocenters. The largest absolute Gasteiger partial charge is 0.369 e. The number of rotatable bonds is 4. The molecule has 0 spiro atoms. The van der Waals surface area contributed by atoms with Gasteiger partial charge in [-0.05, 0) is 31.0 Å². The van der Waals surface area contributed by atoms with Crippen molar-refractivity contribution in [2.75, 3.05) is 49.1 Å². The van der Waals surface area contributed by atoms with Crippen molar-refractivity contribution in [3.05, 3.63) is 53.0 Å². The van der Waals surface area contributed by atoms with E-state index >= 15 is 0 Å². The van der Waals surface area contributed by atoms with Gasteiger partial charge in [0.05, 0.1) is 17.5 Å². The number of aryl methyl sites for hydroxylation is 1. The predicted molar refractivity (Wildman–Crippen MR) is 118 cm³/mol. The van der Waals surface area contributed by atoms with E-state index in [0.29, 0.717) is 6.54 Å². The number of hydrogen-bond donors (Lipinski definition) is 0. The third-order valence-electron chi connectivity index (χ3n) is 6.16. The van der Waals surface area contributed by atoms with E-state index in [1.165, 1.54) is 23.1 Å². The lowest BCUT2D eigenvalue weighted by Crippen LogP contribution is -2.46. The van der Waals surface area contributed by atoms with Crippen molar-refractivity contribution in [2.24, 2.45) is 7.05 Å². The highest BCUT2D eigenvalue weighted by Gasteiger charge is 2.20. The first-order chi connectivity index (χ1) is 14.7. The van der Waals surface area contributed by atoms with Gasteiger partial charge < -0.3 is 14.4 Å². The van der Waals surface area contributed by atoms with E-state index in [1.54, 1.807) is 25.8 Å². The summed E-state index contributed by atoms with van der Waals surface area (Å²) in [7, 11) is 1.72. The average molecular weight is 406 g/mol. The summed E-state index contributed by atoms with van der Waals surface area (Å²) < 4.78 is 1.50. The van der Waals surface area contributed by atoms with Gasteiger partial charge >= 0.3 is 0 Å². The van der Waals surface area contributed by atoms with Crippen LogP contribution in [0.25, 0.3) is 10.9 Å².